The smallest absolute Gasteiger partial charge is 0.407 e. The summed E-state index contributed by atoms with van der Waals surface area (Å²) in [5, 5.41) is 9.01. The van der Waals surface area contributed by atoms with Crippen LogP contribution >= 0.6 is 0 Å². The van der Waals surface area contributed by atoms with Crippen LogP contribution in [0.1, 0.15) is 12.5 Å². The number of amides is 1. The standard InChI is InChI=1S/C14H19NO4/c1-11-7-15(14(16)17)8-13(19-11)10-18-9-12-5-3-2-4-6-12/h2-6,11,13H,7-10H2,1H3,(H,16,17). The van der Waals surface area contributed by atoms with E-state index in [1.807, 2.05) is 37.3 Å². The quantitative estimate of drug-likeness (QED) is 0.904. The molecule has 1 saturated heterocycles. The van der Waals surface area contributed by atoms with E-state index in [2.05, 4.69) is 0 Å². The molecule has 0 aromatic heterocycles. The Hall–Kier alpha value is -1.59. The molecule has 5 heteroatoms. The molecule has 1 aromatic carbocycles. The third-order valence-corrected chi connectivity index (χ3v) is 3.01. The fourth-order valence-electron chi connectivity index (χ4n) is 2.18. The topological polar surface area (TPSA) is 59.0 Å². The van der Waals surface area contributed by atoms with E-state index in [1.165, 1.54) is 4.90 Å². The van der Waals surface area contributed by atoms with E-state index in [1.54, 1.807) is 0 Å². The highest BCUT2D eigenvalue weighted by atomic mass is 16.5. The summed E-state index contributed by atoms with van der Waals surface area (Å²) in [4.78, 5) is 12.3. The van der Waals surface area contributed by atoms with Gasteiger partial charge in [-0.1, -0.05) is 30.3 Å². The molecule has 1 aromatic rings. The predicted octanol–water partition coefficient (Wildman–Crippen LogP) is 1.97. The van der Waals surface area contributed by atoms with Gasteiger partial charge in [0.15, 0.2) is 0 Å². The number of hydrogen-bond donors (Lipinski definition) is 1. The van der Waals surface area contributed by atoms with Gasteiger partial charge in [-0.25, -0.2) is 4.79 Å². The molecular weight excluding hydrogens is 246 g/mol. The number of rotatable bonds is 4. The molecule has 1 aliphatic rings. The number of ether oxygens (including phenoxy) is 2. The van der Waals surface area contributed by atoms with Crippen molar-refractivity contribution in [1.29, 1.82) is 0 Å². The Labute approximate surface area is 112 Å². The van der Waals surface area contributed by atoms with Crippen molar-refractivity contribution in [3.63, 3.8) is 0 Å². The molecule has 2 atom stereocenters. The lowest BCUT2D eigenvalue weighted by molar-refractivity contribution is -0.102. The second-order valence-corrected chi connectivity index (χ2v) is 4.76. The van der Waals surface area contributed by atoms with Crippen LogP contribution in [0.25, 0.3) is 0 Å². The number of hydrogen-bond acceptors (Lipinski definition) is 3. The monoisotopic (exact) mass is 265 g/mol. The first kappa shape index (κ1) is 13.8. The Bertz CT molecular complexity index is 409. The van der Waals surface area contributed by atoms with Crippen LogP contribution in [0.3, 0.4) is 0 Å². The van der Waals surface area contributed by atoms with Crippen LogP contribution in [0.2, 0.25) is 0 Å². The number of morpholine rings is 1. The summed E-state index contributed by atoms with van der Waals surface area (Å²) < 4.78 is 11.3. The van der Waals surface area contributed by atoms with Gasteiger partial charge in [0.1, 0.15) is 0 Å². The van der Waals surface area contributed by atoms with E-state index in [0.29, 0.717) is 26.3 Å². The van der Waals surface area contributed by atoms with E-state index >= 15 is 0 Å². The van der Waals surface area contributed by atoms with Gasteiger partial charge in [-0.05, 0) is 12.5 Å². The highest BCUT2D eigenvalue weighted by Crippen LogP contribution is 2.12. The maximum atomic E-state index is 11.0. The molecule has 1 heterocycles. The summed E-state index contributed by atoms with van der Waals surface area (Å²) in [7, 11) is 0. The molecule has 0 spiro atoms. The van der Waals surface area contributed by atoms with Crippen molar-refractivity contribution in [2.75, 3.05) is 19.7 Å². The molecule has 104 valence electrons. The van der Waals surface area contributed by atoms with Crippen LogP contribution in [0.5, 0.6) is 0 Å². The minimum atomic E-state index is -0.900. The van der Waals surface area contributed by atoms with E-state index in [-0.39, 0.29) is 12.2 Å². The van der Waals surface area contributed by atoms with Crippen LogP contribution in [0.15, 0.2) is 30.3 Å². The normalized spacial score (nSPS) is 23.3. The van der Waals surface area contributed by atoms with Gasteiger partial charge in [0.05, 0.1) is 38.5 Å². The first-order valence-electron chi connectivity index (χ1n) is 6.40. The second kappa shape index (κ2) is 6.54. The molecule has 1 amide bonds. The molecule has 0 aliphatic carbocycles. The van der Waals surface area contributed by atoms with Crippen molar-refractivity contribution in [3.8, 4) is 0 Å². The van der Waals surface area contributed by atoms with E-state index < -0.39 is 6.09 Å². The number of benzene rings is 1. The third-order valence-electron chi connectivity index (χ3n) is 3.01. The number of carbonyl (C=O) groups is 1. The molecule has 5 nitrogen and oxygen atoms in total. The van der Waals surface area contributed by atoms with Crippen molar-refractivity contribution in [2.24, 2.45) is 0 Å². The minimum Gasteiger partial charge on any atom is -0.465 e. The molecule has 2 rings (SSSR count). The molecular formula is C14H19NO4. The maximum absolute atomic E-state index is 11.0. The highest BCUT2D eigenvalue weighted by molar-refractivity contribution is 5.65. The van der Waals surface area contributed by atoms with Crippen molar-refractivity contribution < 1.29 is 19.4 Å². The Balaban J connectivity index is 1.77. The van der Waals surface area contributed by atoms with Crippen molar-refractivity contribution >= 4 is 6.09 Å². The Morgan fingerprint density at radius 3 is 2.84 bits per heavy atom. The molecule has 1 aliphatic heterocycles. The van der Waals surface area contributed by atoms with Crippen LogP contribution in [0, 0.1) is 0 Å². The van der Waals surface area contributed by atoms with Gasteiger partial charge >= 0.3 is 6.09 Å². The van der Waals surface area contributed by atoms with E-state index in [0.717, 1.165) is 5.56 Å². The van der Waals surface area contributed by atoms with Crippen molar-refractivity contribution in [1.82, 2.24) is 4.90 Å². The van der Waals surface area contributed by atoms with Crippen LogP contribution in [-0.2, 0) is 16.1 Å². The van der Waals surface area contributed by atoms with E-state index in [9.17, 15) is 4.79 Å². The maximum Gasteiger partial charge on any atom is 0.407 e. The largest absolute Gasteiger partial charge is 0.465 e. The molecule has 19 heavy (non-hydrogen) atoms. The molecule has 0 bridgehead atoms. The fourth-order valence-corrected chi connectivity index (χ4v) is 2.18. The van der Waals surface area contributed by atoms with Gasteiger partial charge in [-0.3, -0.25) is 0 Å². The lowest BCUT2D eigenvalue weighted by Gasteiger charge is -2.34. The summed E-state index contributed by atoms with van der Waals surface area (Å²) in [5.74, 6) is 0. The minimum absolute atomic E-state index is 0.0878. The van der Waals surface area contributed by atoms with E-state index in [4.69, 9.17) is 14.6 Å². The van der Waals surface area contributed by atoms with Gasteiger partial charge in [0, 0.05) is 0 Å². The fraction of sp³-hybridized carbons (Fsp3) is 0.500. The molecule has 0 radical (unpaired) electrons. The Kier molecular flexibility index (Phi) is 4.76. The first-order valence-corrected chi connectivity index (χ1v) is 6.40. The van der Waals surface area contributed by atoms with Gasteiger partial charge in [0.25, 0.3) is 0 Å². The van der Waals surface area contributed by atoms with Crippen LogP contribution < -0.4 is 0 Å². The van der Waals surface area contributed by atoms with Crippen LogP contribution in [0.4, 0.5) is 4.79 Å². The zero-order chi connectivity index (χ0) is 13.7. The van der Waals surface area contributed by atoms with Crippen molar-refractivity contribution in [2.45, 2.75) is 25.7 Å². The molecule has 0 saturated carbocycles. The average Bonchev–Trinajstić information content (AvgIpc) is 2.39. The summed E-state index contributed by atoms with van der Waals surface area (Å²) in [6.45, 7) is 3.59. The summed E-state index contributed by atoms with van der Waals surface area (Å²) in [5.41, 5.74) is 1.10. The first-order chi connectivity index (χ1) is 9.15. The third kappa shape index (κ3) is 4.22. The van der Waals surface area contributed by atoms with Gasteiger partial charge in [-0.15, -0.1) is 0 Å². The number of nitrogens with zero attached hydrogens (tertiary/aromatic N) is 1. The summed E-state index contributed by atoms with van der Waals surface area (Å²) >= 11 is 0. The highest BCUT2D eigenvalue weighted by Gasteiger charge is 2.28. The van der Waals surface area contributed by atoms with Gasteiger partial charge in [-0.2, -0.15) is 0 Å². The predicted molar refractivity (Wildman–Crippen MR) is 70.0 cm³/mol. The lowest BCUT2D eigenvalue weighted by Crippen LogP contribution is -2.50. The zero-order valence-corrected chi connectivity index (χ0v) is 11.0. The van der Waals surface area contributed by atoms with Crippen LogP contribution in [-0.4, -0.2) is 48.0 Å². The summed E-state index contributed by atoms with van der Waals surface area (Å²) in [6.07, 6.45) is -1.18. The van der Waals surface area contributed by atoms with Gasteiger partial charge in [0.2, 0.25) is 0 Å². The molecule has 1 N–H and O–H groups in total. The molecule has 1 fully saturated rings. The van der Waals surface area contributed by atoms with Crippen molar-refractivity contribution in [3.05, 3.63) is 35.9 Å². The number of carboxylic acid groups (broad SMARTS) is 1. The second-order valence-electron chi connectivity index (χ2n) is 4.76. The SMILES string of the molecule is CC1CN(C(=O)O)CC(COCc2ccccc2)O1. The summed E-state index contributed by atoms with van der Waals surface area (Å²) in [6, 6.07) is 9.87. The average molecular weight is 265 g/mol. The lowest BCUT2D eigenvalue weighted by atomic mass is 10.2. The zero-order valence-electron chi connectivity index (χ0n) is 11.0. The Morgan fingerprint density at radius 2 is 2.16 bits per heavy atom. The van der Waals surface area contributed by atoms with Gasteiger partial charge < -0.3 is 19.5 Å². The Morgan fingerprint density at radius 1 is 1.42 bits per heavy atom. The molecule has 2 unspecified atom stereocenters.